The van der Waals surface area contributed by atoms with Crippen LogP contribution in [0.4, 0.5) is 5.82 Å². The molecule has 0 saturated carbocycles. The Balaban J connectivity index is 2.25. The molecule has 0 aliphatic heterocycles. The highest BCUT2D eigenvalue weighted by molar-refractivity contribution is 7.08. The van der Waals surface area contributed by atoms with Crippen molar-refractivity contribution in [1.29, 1.82) is 0 Å². The van der Waals surface area contributed by atoms with E-state index >= 15 is 0 Å². The van der Waals surface area contributed by atoms with Gasteiger partial charge in [-0.15, -0.1) is 0 Å². The molecule has 2 heterocycles. The number of thiophene rings is 1. The van der Waals surface area contributed by atoms with Crippen molar-refractivity contribution in [2.45, 2.75) is 26.3 Å². The van der Waals surface area contributed by atoms with Gasteiger partial charge in [-0.3, -0.25) is 0 Å². The first-order chi connectivity index (χ1) is 7.98. The van der Waals surface area contributed by atoms with Crippen LogP contribution in [-0.2, 0) is 5.21 Å². The van der Waals surface area contributed by atoms with Gasteiger partial charge in [0.1, 0.15) is 0 Å². The van der Waals surface area contributed by atoms with Gasteiger partial charge in [-0.2, -0.15) is 16.4 Å². The fourth-order valence-electron chi connectivity index (χ4n) is 1.45. The molecule has 0 amide bonds. The lowest BCUT2D eigenvalue weighted by atomic mass is 10.1. The number of hydrogen-bond donors (Lipinski definition) is 0. The number of rotatable bonds is 2. The van der Waals surface area contributed by atoms with Crippen LogP contribution in [0.15, 0.2) is 35.2 Å². The van der Waals surface area contributed by atoms with Gasteiger partial charge in [-0.05, 0) is 55.3 Å². The molecule has 0 saturated heterocycles. The first-order valence-corrected chi connectivity index (χ1v) is 6.39. The SMILES string of the molecule is CC(C)(C)N([O])c1ccc(-c2ccsc2)cn1. The molecule has 0 spiro atoms. The van der Waals surface area contributed by atoms with Gasteiger partial charge in [0.15, 0.2) is 5.82 Å². The molecule has 0 unspecified atom stereocenters. The number of pyridine rings is 1. The zero-order chi connectivity index (χ0) is 12.5. The number of nitrogens with zero attached hydrogens (tertiary/aromatic N) is 2. The lowest BCUT2D eigenvalue weighted by Gasteiger charge is -2.27. The van der Waals surface area contributed by atoms with Crippen LogP contribution in [0.5, 0.6) is 0 Å². The Hall–Kier alpha value is -1.39. The number of aromatic nitrogens is 1. The molecular weight excluding hydrogens is 232 g/mol. The van der Waals surface area contributed by atoms with Crippen LogP contribution in [-0.4, -0.2) is 10.5 Å². The number of hydrogen-bond acceptors (Lipinski definition) is 3. The molecule has 0 atom stereocenters. The first kappa shape index (κ1) is 12.1. The minimum absolute atomic E-state index is 0.455. The highest BCUT2D eigenvalue weighted by Gasteiger charge is 2.22. The van der Waals surface area contributed by atoms with E-state index < -0.39 is 5.54 Å². The van der Waals surface area contributed by atoms with E-state index in [0.29, 0.717) is 5.82 Å². The summed E-state index contributed by atoms with van der Waals surface area (Å²) in [4.78, 5) is 4.22. The van der Waals surface area contributed by atoms with Crippen LogP contribution in [0.3, 0.4) is 0 Å². The van der Waals surface area contributed by atoms with E-state index in [9.17, 15) is 5.21 Å². The Kier molecular flexibility index (Phi) is 3.17. The molecule has 89 valence electrons. The van der Waals surface area contributed by atoms with E-state index in [1.54, 1.807) is 23.6 Å². The zero-order valence-corrected chi connectivity index (χ0v) is 11.0. The van der Waals surface area contributed by atoms with Gasteiger partial charge < -0.3 is 0 Å². The summed E-state index contributed by atoms with van der Waals surface area (Å²) in [7, 11) is 0. The molecule has 0 aliphatic rings. The summed E-state index contributed by atoms with van der Waals surface area (Å²) < 4.78 is 0. The second-order valence-corrected chi connectivity index (χ2v) is 5.66. The summed E-state index contributed by atoms with van der Waals surface area (Å²) in [5, 5.41) is 16.9. The predicted octanol–water partition coefficient (Wildman–Crippen LogP) is 3.76. The minimum Gasteiger partial charge on any atom is -0.236 e. The third-order valence-electron chi connectivity index (χ3n) is 2.42. The fraction of sp³-hybridized carbons (Fsp3) is 0.308. The largest absolute Gasteiger partial charge is 0.236 e. The highest BCUT2D eigenvalue weighted by atomic mass is 32.1. The lowest BCUT2D eigenvalue weighted by molar-refractivity contribution is 0.0996. The summed E-state index contributed by atoms with van der Waals surface area (Å²) in [6.45, 7) is 5.61. The van der Waals surface area contributed by atoms with Crippen molar-refractivity contribution in [3.05, 3.63) is 35.2 Å². The zero-order valence-electron chi connectivity index (χ0n) is 10.2. The van der Waals surface area contributed by atoms with E-state index in [1.165, 1.54) is 0 Å². The third-order valence-corrected chi connectivity index (χ3v) is 3.10. The molecule has 0 aliphatic carbocycles. The van der Waals surface area contributed by atoms with Crippen LogP contribution < -0.4 is 5.06 Å². The van der Waals surface area contributed by atoms with Gasteiger partial charge in [-0.1, -0.05) is 5.21 Å². The average Bonchev–Trinajstić information content (AvgIpc) is 2.80. The second-order valence-electron chi connectivity index (χ2n) is 4.88. The molecule has 1 radical (unpaired) electrons. The summed E-state index contributed by atoms with van der Waals surface area (Å²) in [6, 6.07) is 5.74. The summed E-state index contributed by atoms with van der Waals surface area (Å²) in [5.41, 5.74) is 1.72. The van der Waals surface area contributed by atoms with Crippen molar-refractivity contribution in [1.82, 2.24) is 4.98 Å². The molecule has 2 rings (SSSR count). The van der Waals surface area contributed by atoms with Crippen LogP contribution in [0.2, 0.25) is 0 Å². The average molecular weight is 247 g/mol. The highest BCUT2D eigenvalue weighted by Crippen LogP contribution is 2.25. The van der Waals surface area contributed by atoms with Gasteiger partial charge in [0.05, 0.1) is 5.54 Å². The topological polar surface area (TPSA) is 36.0 Å². The summed E-state index contributed by atoms with van der Waals surface area (Å²) >= 11 is 1.65. The van der Waals surface area contributed by atoms with Gasteiger partial charge in [0, 0.05) is 11.8 Å². The normalized spacial score (nSPS) is 11.5. The fourth-order valence-corrected chi connectivity index (χ4v) is 2.11. The van der Waals surface area contributed by atoms with Gasteiger partial charge in [0.2, 0.25) is 0 Å². The van der Waals surface area contributed by atoms with Gasteiger partial charge >= 0.3 is 0 Å². The van der Waals surface area contributed by atoms with E-state index in [4.69, 9.17) is 0 Å². The Morgan fingerprint density at radius 3 is 2.41 bits per heavy atom. The lowest BCUT2D eigenvalue weighted by Crippen LogP contribution is -2.37. The Labute approximate surface area is 105 Å². The molecular formula is C13H15N2OS. The van der Waals surface area contributed by atoms with Crippen molar-refractivity contribution in [2.75, 3.05) is 5.06 Å². The predicted molar refractivity (Wildman–Crippen MR) is 70.5 cm³/mol. The minimum atomic E-state index is -0.461. The van der Waals surface area contributed by atoms with E-state index in [0.717, 1.165) is 16.2 Å². The molecule has 0 fully saturated rings. The second kappa shape index (κ2) is 4.47. The van der Waals surface area contributed by atoms with Crippen LogP contribution >= 0.6 is 11.3 Å². The molecule has 0 N–H and O–H groups in total. The number of anilines is 1. The Morgan fingerprint density at radius 1 is 1.18 bits per heavy atom. The summed E-state index contributed by atoms with van der Waals surface area (Å²) in [6.07, 6.45) is 1.74. The monoisotopic (exact) mass is 247 g/mol. The quantitative estimate of drug-likeness (QED) is 0.757. The van der Waals surface area contributed by atoms with Crippen molar-refractivity contribution >= 4 is 17.2 Å². The van der Waals surface area contributed by atoms with Crippen molar-refractivity contribution in [2.24, 2.45) is 0 Å². The smallest absolute Gasteiger partial charge is 0.156 e. The van der Waals surface area contributed by atoms with Crippen LogP contribution in [0, 0.1) is 0 Å². The van der Waals surface area contributed by atoms with Crippen LogP contribution in [0.25, 0.3) is 11.1 Å². The molecule has 17 heavy (non-hydrogen) atoms. The molecule has 2 aromatic heterocycles. The third kappa shape index (κ3) is 2.65. The van der Waals surface area contributed by atoms with Crippen molar-refractivity contribution in [3.63, 3.8) is 0 Å². The first-order valence-electron chi connectivity index (χ1n) is 5.44. The van der Waals surface area contributed by atoms with E-state index in [2.05, 4.69) is 10.4 Å². The Morgan fingerprint density at radius 2 is 1.94 bits per heavy atom. The maximum Gasteiger partial charge on any atom is 0.156 e. The van der Waals surface area contributed by atoms with Crippen LogP contribution in [0.1, 0.15) is 20.8 Å². The van der Waals surface area contributed by atoms with Crippen molar-refractivity contribution in [3.8, 4) is 11.1 Å². The summed E-state index contributed by atoms with van der Waals surface area (Å²) in [5.74, 6) is 0.455. The standard InChI is InChI=1S/C13H15N2OS/c1-13(2,3)15(16)12-5-4-10(8-14-12)11-6-7-17-9-11/h4-9H,1-3H3. The maximum atomic E-state index is 11.9. The van der Waals surface area contributed by atoms with E-state index in [1.807, 2.05) is 38.3 Å². The molecule has 2 aromatic rings. The maximum absolute atomic E-state index is 11.9. The van der Waals surface area contributed by atoms with Gasteiger partial charge in [-0.25, -0.2) is 4.98 Å². The molecule has 4 heteroatoms. The number of hydroxylamine groups is 1. The molecule has 3 nitrogen and oxygen atoms in total. The van der Waals surface area contributed by atoms with Crippen molar-refractivity contribution < 1.29 is 5.21 Å². The Bertz CT molecular complexity index is 471. The molecule has 0 bridgehead atoms. The van der Waals surface area contributed by atoms with Gasteiger partial charge in [0.25, 0.3) is 0 Å². The molecule has 0 aromatic carbocycles. The van der Waals surface area contributed by atoms with E-state index in [-0.39, 0.29) is 0 Å².